The molecule has 4 nitrogen and oxygen atoms in total. The minimum absolute atomic E-state index is 0.0593. The van der Waals surface area contributed by atoms with Gasteiger partial charge >= 0.3 is 12.1 Å². The first-order valence-electron chi connectivity index (χ1n) is 9.87. The second kappa shape index (κ2) is 7.81. The van der Waals surface area contributed by atoms with E-state index < -0.39 is 23.5 Å². The second-order valence-corrected chi connectivity index (χ2v) is 7.79. The maximum atomic E-state index is 14.2. The third-order valence-electron chi connectivity index (χ3n) is 5.68. The Bertz CT molecular complexity index is 939. The summed E-state index contributed by atoms with van der Waals surface area (Å²) in [4.78, 5) is 13.2. The molecular formula is C22H21F4NO3. The fraction of sp³-hybridized carbons (Fsp3) is 0.409. The predicted molar refractivity (Wildman–Crippen MR) is 103 cm³/mol. The maximum absolute atomic E-state index is 14.2. The average molecular weight is 423 g/mol. The standard InChI is InChI=1S/C22H21F4NO3/c23-19-11-20(17(13-3-4-13)10-18(19)21(28)29)30-12-16-2-1-9-27(16)15-7-5-14(6-8-15)22(24,25)26/h5-8,10-11,13,16H,1-4,9,12H2,(H,28,29)/t16-/m1/s1. The van der Waals surface area contributed by atoms with Gasteiger partial charge in [0.2, 0.25) is 0 Å². The first-order valence-corrected chi connectivity index (χ1v) is 9.87. The van der Waals surface area contributed by atoms with Crippen molar-refractivity contribution in [3.8, 4) is 5.75 Å². The number of anilines is 1. The number of carbonyl (C=O) groups is 1. The first kappa shape index (κ1) is 20.5. The minimum atomic E-state index is -4.38. The molecular weight excluding hydrogens is 402 g/mol. The van der Waals surface area contributed by atoms with Crippen LogP contribution in [0, 0.1) is 5.82 Å². The predicted octanol–water partition coefficient (Wildman–Crippen LogP) is 5.47. The number of hydrogen-bond donors (Lipinski definition) is 1. The number of rotatable bonds is 6. The number of hydrogen-bond acceptors (Lipinski definition) is 3. The maximum Gasteiger partial charge on any atom is 0.416 e. The third kappa shape index (κ3) is 4.22. The first-order chi connectivity index (χ1) is 14.2. The monoisotopic (exact) mass is 423 g/mol. The van der Waals surface area contributed by atoms with Crippen molar-refractivity contribution < 1.29 is 32.2 Å². The van der Waals surface area contributed by atoms with E-state index >= 15 is 0 Å². The summed E-state index contributed by atoms with van der Waals surface area (Å²) in [6.45, 7) is 0.938. The Kier molecular flexibility index (Phi) is 5.34. The SMILES string of the molecule is O=C(O)c1cc(C2CC2)c(OC[C@H]2CCCN2c2ccc(C(F)(F)F)cc2)cc1F. The van der Waals surface area contributed by atoms with E-state index in [1.54, 1.807) is 0 Å². The molecule has 1 N–H and O–H groups in total. The van der Waals surface area contributed by atoms with Crippen molar-refractivity contribution >= 4 is 11.7 Å². The largest absolute Gasteiger partial charge is 0.491 e. The summed E-state index contributed by atoms with van der Waals surface area (Å²) in [7, 11) is 0. The van der Waals surface area contributed by atoms with Gasteiger partial charge in [0.25, 0.3) is 0 Å². The van der Waals surface area contributed by atoms with Crippen molar-refractivity contribution in [3.05, 3.63) is 58.9 Å². The Morgan fingerprint density at radius 1 is 1.13 bits per heavy atom. The van der Waals surface area contributed by atoms with Crippen LogP contribution in [-0.4, -0.2) is 30.3 Å². The highest BCUT2D eigenvalue weighted by atomic mass is 19.4. The molecule has 0 amide bonds. The molecule has 2 aromatic carbocycles. The van der Waals surface area contributed by atoms with Gasteiger partial charge in [0.1, 0.15) is 18.2 Å². The molecule has 4 rings (SSSR count). The second-order valence-electron chi connectivity index (χ2n) is 7.79. The Morgan fingerprint density at radius 3 is 2.43 bits per heavy atom. The number of carboxylic acids is 1. The minimum Gasteiger partial charge on any atom is -0.491 e. The van der Waals surface area contributed by atoms with Crippen LogP contribution in [0.5, 0.6) is 5.75 Å². The van der Waals surface area contributed by atoms with E-state index in [1.807, 2.05) is 4.90 Å². The van der Waals surface area contributed by atoms with Crippen molar-refractivity contribution in [2.24, 2.45) is 0 Å². The van der Waals surface area contributed by atoms with Crippen LogP contribution in [0.25, 0.3) is 0 Å². The van der Waals surface area contributed by atoms with Gasteiger partial charge in [-0.3, -0.25) is 0 Å². The van der Waals surface area contributed by atoms with Crippen molar-refractivity contribution in [3.63, 3.8) is 0 Å². The molecule has 1 aliphatic carbocycles. The van der Waals surface area contributed by atoms with Gasteiger partial charge in [0.05, 0.1) is 17.2 Å². The lowest BCUT2D eigenvalue weighted by molar-refractivity contribution is -0.137. The molecule has 1 saturated carbocycles. The molecule has 1 aliphatic heterocycles. The van der Waals surface area contributed by atoms with Crippen LogP contribution in [0.2, 0.25) is 0 Å². The highest BCUT2D eigenvalue weighted by Crippen LogP contribution is 2.45. The van der Waals surface area contributed by atoms with Crippen LogP contribution >= 0.6 is 0 Å². The zero-order valence-electron chi connectivity index (χ0n) is 16.1. The average Bonchev–Trinajstić information content (AvgIpc) is 3.42. The van der Waals surface area contributed by atoms with E-state index in [4.69, 9.17) is 9.84 Å². The van der Waals surface area contributed by atoms with Crippen LogP contribution in [0.4, 0.5) is 23.2 Å². The summed E-state index contributed by atoms with van der Waals surface area (Å²) in [6.07, 6.45) is -0.895. The van der Waals surface area contributed by atoms with Gasteiger partial charge in [-0.15, -0.1) is 0 Å². The highest BCUT2D eigenvalue weighted by Gasteiger charge is 2.32. The Balaban J connectivity index is 1.49. The molecule has 0 radical (unpaired) electrons. The fourth-order valence-electron chi connectivity index (χ4n) is 3.95. The van der Waals surface area contributed by atoms with E-state index in [0.717, 1.165) is 43.9 Å². The summed E-state index contributed by atoms with van der Waals surface area (Å²) in [6, 6.07) is 7.47. The fourth-order valence-corrected chi connectivity index (χ4v) is 3.95. The van der Waals surface area contributed by atoms with Crippen molar-refractivity contribution in [2.75, 3.05) is 18.1 Å². The summed E-state index contributed by atoms with van der Waals surface area (Å²) >= 11 is 0. The molecule has 2 aliphatic rings. The molecule has 2 aromatic rings. The highest BCUT2D eigenvalue weighted by molar-refractivity contribution is 5.88. The van der Waals surface area contributed by atoms with Crippen molar-refractivity contribution in [1.29, 1.82) is 0 Å². The number of ether oxygens (including phenoxy) is 1. The van der Waals surface area contributed by atoms with E-state index in [2.05, 4.69) is 0 Å². The lowest BCUT2D eigenvalue weighted by atomic mass is 10.0. The van der Waals surface area contributed by atoms with Gasteiger partial charge in [-0.25, -0.2) is 9.18 Å². The molecule has 2 fully saturated rings. The summed E-state index contributed by atoms with van der Waals surface area (Å²) in [5.41, 5.74) is 0.328. The number of benzene rings is 2. The lowest BCUT2D eigenvalue weighted by Gasteiger charge is -2.27. The van der Waals surface area contributed by atoms with Gasteiger partial charge in [-0.2, -0.15) is 13.2 Å². The summed E-state index contributed by atoms with van der Waals surface area (Å²) in [5, 5.41) is 9.16. The Morgan fingerprint density at radius 2 is 1.83 bits per heavy atom. The van der Waals surface area contributed by atoms with E-state index in [9.17, 15) is 22.4 Å². The molecule has 0 bridgehead atoms. The molecule has 160 valence electrons. The summed E-state index contributed by atoms with van der Waals surface area (Å²) < 4.78 is 58.5. The van der Waals surface area contributed by atoms with Crippen LogP contribution in [0.3, 0.4) is 0 Å². The Labute approximate surface area is 171 Å². The van der Waals surface area contributed by atoms with Gasteiger partial charge < -0.3 is 14.7 Å². The van der Waals surface area contributed by atoms with Gasteiger partial charge in [-0.1, -0.05) is 0 Å². The number of halogens is 4. The molecule has 1 saturated heterocycles. The van der Waals surface area contributed by atoms with Gasteiger partial charge in [0.15, 0.2) is 0 Å². The van der Waals surface area contributed by atoms with Crippen LogP contribution in [-0.2, 0) is 6.18 Å². The van der Waals surface area contributed by atoms with E-state index in [0.29, 0.717) is 23.5 Å². The van der Waals surface area contributed by atoms with Crippen LogP contribution < -0.4 is 9.64 Å². The molecule has 30 heavy (non-hydrogen) atoms. The smallest absolute Gasteiger partial charge is 0.416 e. The molecule has 8 heteroatoms. The van der Waals surface area contributed by atoms with Crippen LogP contribution in [0.1, 0.15) is 53.1 Å². The van der Waals surface area contributed by atoms with Gasteiger partial charge in [-0.05, 0) is 67.5 Å². The number of carboxylic acid groups (broad SMARTS) is 1. The quantitative estimate of drug-likeness (QED) is 0.626. The number of nitrogens with zero attached hydrogens (tertiary/aromatic N) is 1. The number of aromatic carboxylic acids is 1. The normalized spacial score (nSPS) is 19.2. The lowest BCUT2D eigenvalue weighted by Crippen LogP contribution is -2.34. The number of alkyl halides is 3. The topological polar surface area (TPSA) is 49.8 Å². The molecule has 1 heterocycles. The zero-order chi connectivity index (χ0) is 21.5. The molecule has 0 spiro atoms. The summed E-state index contributed by atoms with van der Waals surface area (Å²) in [5.74, 6) is -1.63. The van der Waals surface area contributed by atoms with E-state index in [1.165, 1.54) is 18.2 Å². The van der Waals surface area contributed by atoms with E-state index in [-0.39, 0.29) is 24.1 Å². The Hall–Kier alpha value is -2.77. The van der Waals surface area contributed by atoms with Crippen LogP contribution in [0.15, 0.2) is 36.4 Å². The van der Waals surface area contributed by atoms with Crippen molar-refractivity contribution in [2.45, 2.75) is 43.8 Å². The molecule has 0 unspecified atom stereocenters. The third-order valence-corrected chi connectivity index (χ3v) is 5.68. The van der Waals surface area contributed by atoms with Gasteiger partial charge in [0, 0.05) is 18.3 Å². The molecule has 0 aromatic heterocycles. The zero-order valence-corrected chi connectivity index (χ0v) is 16.1. The molecule has 1 atom stereocenters. The van der Waals surface area contributed by atoms with Crippen molar-refractivity contribution in [1.82, 2.24) is 0 Å².